The molecule has 0 aliphatic heterocycles. The second-order valence-corrected chi connectivity index (χ2v) is 2.90. The third-order valence-corrected chi connectivity index (χ3v) is 1.61. The minimum Gasteiger partial charge on any atom is -0.375 e. The van der Waals surface area contributed by atoms with Gasteiger partial charge in [-0.2, -0.15) is 0 Å². The van der Waals surface area contributed by atoms with E-state index in [1.54, 1.807) is 0 Å². The number of amides is 1. The maximum atomic E-state index is 11.1. The van der Waals surface area contributed by atoms with Gasteiger partial charge in [-0.05, 0) is 18.9 Å². The minimum absolute atomic E-state index is 0.0843. The van der Waals surface area contributed by atoms with Gasteiger partial charge in [0.15, 0.2) is 0 Å². The quantitative estimate of drug-likeness (QED) is 0.658. The number of rotatable bonds is 6. The summed E-state index contributed by atoms with van der Waals surface area (Å²) >= 11 is 0. The molecule has 0 aliphatic carbocycles. The number of allylic oxidation sites excluding steroid dienone is 2. The molecule has 0 aromatic rings. The number of hydrogen-bond donors (Lipinski definition) is 1. The first-order chi connectivity index (χ1) is 6.74. The monoisotopic (exact) mass is 197 g/mol. The zero-order valence-corrected chi connectivity index (χ0v) is 9.17. The molecule has 0 spiro atoms. The summed E-state index contributed by atoms with van der Waals surface area (Å²) in [5.74, 6) is -0.0843. The summed E-state index contributed by atoms with van der Waals surface area (Å²) in [5, 5.41) is 2.77. The van der Waals surface area contributed by atoms with Crippen LogP contribution in [0.5, 0.6) is 0 Å². The largest absolute Gasteiger partial charge is 0.375 e. The lowest BCUT2D eigenvalue weighted by Crippen LogP contribution is -2.28. The van der Waals surface area contributed by atoms with E-state index in [4.69, 9.17) is 4.74 Å². The smallest absolute Gasteiger partial charge is 0.246 e. The van der Waals surface area contributed by atoms with Gasteiger partial charge in [-0.25, -0.2) is 0 Å². The van der Waals surface area contributed by atoms with Crippen molar-refractivity contribution < 1.29 is 9.53 Å². The van der Waals surface area contributed by atoms with Crippen molar-refractivity contribution in [2.75, 3.05) is 20.3 Å². The highest BCUT2D eigenvalue weighted by Crippen LogP contribution is 1.97. The third kappa shape index (κ3) is 6.43. The highest BCUT2D eigenvalue weighted by Gasteiger charge is 1.99. The van der Waals surface area contributed by atoms with E-state index in [1.165, 1.54) is 7.11 Å². The molecule has 0 fully saturated rings. The molecule has 14 heavy (non-hydrogen) atoms. The Morgan fingerprint density at radius 2 is 2.21 bits per heavy atom. The average Bonchev–Trinajstić information content (AvgIpc) is 2.15. The zero-order chi connectivity index (χ0) is 10.8. The lowest BCUT2D eigenvalue weighted by Gasteiger charge is -2.05. The SMILES string of the molecule is C/C=C\C(=C/CC)CNC(=O)COC. The number of nitrogens with one attached hydrogen (secondary N) is 1. The van der Waals surface area contributed by atoms with Crippen LogP contribution in [0.2, 0.25) is 0 Å². The lowest BCUT2D eigenvalue weighted by molar-refractivity contribution is -0.124. The normalized spacial score (nSPS) is 12.1. The molecule has 0 heterocycles. The van der Waals surface area contributed by atoms with Crippen LogP contribution in [0.1, 0.15) is 20.3 Å². The summed E-state index contributed by atoms with van der Waals surface area (Å²) in [6, 6.07) is 0. The Labute approximate surface area is 85.8 Å². The Balaban J connectivity index is 3.94. The van der Waals surface area contributed by atoms with E-state index < -0.39 is 0 Å². The molecule has 1 amide bonds. The van der Waals surface area contributed by atoms with Crippen LogP contribution in [0, 0.1) is 0 Å². The van der Waals surface area contributed by atoms with Crippen LogP contribution in [0.3, 0.4) is 0 Å². The van der Waals surface area contributed by atoms with Gasteiger partial charge in [0, 0.05) is 13.7 Å². The summed E-state index contributed by atoms with van der Waals surface area (Å²) < 4.78 is 4.71. The molecule has 3 heteroatoms. The Kier molecular flexibility index (Phi) is 7.84. The first-order valence-electron chi connectivity index (χ1n) is 4.82. The first-order valence-corrected chi connectivity index (χ1v) is 4.82. The average molecular weight is 197 g/mol. The van der Waals surface area contributed by atoms with Crippen molar-refractivity contribution >= 4 is 5.91 Å². The van der Waals surface area contributed by atoms with Gasteiger partial charge in [0.05, 0.1) is 0 Å². The fraction of sp³-hybridized carbons (Fsp3) is 0.545. The van der Waals surface area contributed by atoms with Crippen molar-refractivity contribution in [1.29, 1.82) is 0 Å². The molecule has 0 saturated carbocycles. The number of methoxy groups -OCH3 is 1. The first kappa shape index (κ1) is 12.9. The highest BCUT2D eigenvalue weighted by atomic mass is 16.5. The van der Waals surface area contributed by atoms with Crippen LogP contribution in [-0.4, -0.2) is 26.2 Å². The number of ether oxygens (including phenoxy) is 1. The van der Waals surface area contributed by atoms with Gasteiger partial charge < -0.3 is 10.1 Å². The van der Waals surface area contributed by atoms with Crippen molar-refractivity contribution in [1.82, 2.24) is 5.32 Å². The van der Waals surface area contributed by atoms with Gasteiger partial charge in [-0.15, -0.1) is 0 Å². The van der Waals surface area contributed by atoms with Crippen LogP contribution in [0.25, 0.3) is 0 Å². The molecule has 80 valence electrons. The van der Waals surface area contributed by atoms with E-state index in [1.807, 2.05) is 19.1 Å². The number of hydrogen-bond acceptors (Lipinski definition) is 2. The Morgan fingerprint density at radius 1 is 1.50 bits per heavy atom. The zero-order valence-electron chi connectivity index (χ0n) is 9.17. The van der Waals surface area contributed by atoms with Crippen LogP contribution in [0.4, 0.5) is 0 Å². The molecule has 0 bridgehead atoms. The Bertz CT molecular complexity index is 219. The molecule has 0 aromatic heterocycles. The summed E-state index contributed by atoms with van der Waals surface area (Å²) in [6.07, 6.45) is 7.02. The van der Waals surface area contributed by atoms with Crippen molar-refractivity contribution in [2.45, 2.75) is 20.3 Å². The highest BCUT2D eigenvalue weighted by molar-refractivity contribution is 5.77. The summed E-state index contributed by atoms with van der Waals surface area (Å²) in [5.41, 5.74) is 1.12. The molecule has 0 atom stereocenters. The fourth-order valence-corrected chi connectivity index (χ4v) is 1.06. The fourth-order valence-electron chi connectivity index (χ4n) is 1.06. The van der Waals surface area contributed by atoms with E-state index in [0.717, 1.165) is 12.0 Å². The van der Waals surface area contributed by atoms with Gasteiger partial charge in [-0.3, -0.25) is 4.79 Å². The van der Waals surface area contributed by atoms with Crippen molar-refractivity contribution in [2.24, 2.45) is 0 Å². The maximum Gasteiger partial charge on any atom is 0.246 e. The Hall–Kier alpha value is -1.09. The molecule has 0 unspecified atom stereocenters. The van der Waals surface area contributed by atoms with Gasteiger partial charge in [-0.1, -0.05) is 25.2 Å². The third-order valence-electron chi connectivity index (χ3n) is 1.61. The van der Waals surface area contributed by atoms with Crippen molar-refractivity contribution in [3.63, 3.8) is 0 Å². The standard InChI is InChI=1S/C11H19NO2/c1-4-6-10(7-5-2)8-12-11(13)9-14-3/h4,6-7H,5,8-9H2,1-3H3,(H,12,13)/b6-4-,10-7+. The number of carbonyl (C=O) groups is 1. The lowest BCUT2D eigenvalue weighted by atomic mass is 10.2. The second-order valence-electron chi connectivity index (χ2n) is 2.90. The molecule has 3 nitrogen and oxygen atoms in total. The van der Waals surface area contributed by atoms with Crippen LogP contribution < -0.4 is 5.32 Å². The molecule has 1 N–H and O–H groups in total. The molecule has 0 aliphatic rings. The van der Waals surface area contributed by atoms with E-state index in [9.17, 15) is 4.79 Å². The van der Waals surface area contributed by atoms with E-state index in [0.29, 0.717) is 6.54 Å². The summed E-state index contributed by atoms with van der Waals surface area (Å²) in [7, 11) is 1.51. The van der Waals surface area contributed by atoms with Gasteiger partial charge in [0.1, 0.15) is 6.61 Å². The maximum absolute atomic E-state index is 11.1. The van der Waals surface area contributed by atoms with Crippen molar-refractivity contribution in [3.8, 4) is 0 Å². The van der Waals surface area contributed by atoms with Gasteiger partial charge >= 0.3 is 0 Å². The molecule has 0 aromatic carbocycles. The molecule has 0 radical (unpaired) electrons. The predicted molar refractivity (Wildman–Crippen MR) is 58.1 cm³/mol. The van der Waals surface area contributed by atoms with E-state index >= 15 is 0 Å². The summed E-state index contributed by atoms with van der Waals surface area (Å²) in [4.78, 5) is 11.1. The van der Waals surface area contributed by atoms with Crippen molar-refractivity contribution in [3.05, 3.63) is 23.8 Å². The topological polar surface area (TPSA) is 38.3 Å². The molecular formula is C11H19NO2. The van der Waals surface area contributed by atoms with Crippen LogP contribution >= 0.6 is 0 Å². The van der Waals surface area contributed by atoms with E-state index in [-0.39, 0.29) is 12.5 Å². The molecule has 0 saturated heterocycles. The summed E-state index contributed by atoms with van der Waals surface area (Å²) in [6.45, 7) is 4.72. The molecule has 0 rings (SSSR count). The van der Waals surface area contributed by atoms with Gasteiger partial charge in [0.25, 0.3) is 0 Å². The van der Waals surface area contributed by atoms with Crippen LogP contribution in [0.15, 0.2) is 23.8 Å². The Morgan fingerprint density at radius 3 is 2.71 bits per heavy atom. The second kappa shape index (κ2) is 8.51. The van der Waals surface area contributed by atoms with Gasteiger partial charge in [0.2, 0.25) is 5.91 Å². The predicted octanol–water partition coefficient (Wildman–Crippen LogP) is 1.66. The number of carbonyl (C=O) groups excluding carboxylic acids is 1. The minimum atomic E-state index is -0.0843. The molecular weight excluding hydrogens is 178 g/mol. The van der Waals surface area contributed by atoms with E-state index in [2.05, 4.69) is 18.3 Å². The van der Waals surface area contributed by atoms with Crippen LogP contribution in [-0.2, 0) is 9.53 Å².